The quantitative estimate of drug-likeness (QED) is 0.433. The molecule has 0 saturated carbocycles. The molecule has 31 heavy (non-hydrogen) atoms. The third-order valence-corrected chi connectivity index (χ3v) is 5.31. The molecule has 1 aromatic carbocycles. The van der Waals surface area contributed by atoms with E-state index >= 15 is 0 Å². The van der Waals surface area contributed by atoms with Crippen molar-refractivity contribution in [3.05, 3.63) is 40.6 Å². The molecule has 0 heterocycles. The highest BCUT2D eigenvalue weighted by Gasteiger charge is 2.32. The van der Waals surface area contributed by atoms with Crippen LogP contribution in [-0.4, -0.2) is 49.7 Å². The number of carbonyl (C=O) groups is 4. The lowest BCUT2D eigenvalue weighted by Crippen LogP contribution is -2.42. The Morgan fingerprint density at radius 3 is 2.48 bits per heavy atom. The first-order valence-electron chi connectivity index (χ1n) is 10.4. The van der Waals surface area contributed by atoms with Crippen LogP contribution in [0, 0.1) is 5.92 Å². The molecule has 1 aliphatic carbocycles. The Bertz CT molecular complexity index is 905. The summed E-state index contributed by atoms with van der Waals surface area (Å²) in [4.78, 5) is 49.4. The number of carbonyl (C=O) groups excluding carboxylic acids is 4. The molecule has 168 valence electrons. The second kappa shape index (κ2) is 10.7. The summed E-state index contributed by atoms with van der Waals surface area (Å²) in [5.41, 5.74) is 0.988. The molecule has 0 radical (unpaired) electrons. The SMILES string of the molecule is CCC(C)CC(NC(C)=O)C(=O)OCCNC1=C(C)C(=O)c2cccc(OC)c2C1=O. The topological polar surface area (TPSA) is 111 Å². The lowest BCUT2D eigenvalue weighted by Gasteiger charge is -2.22. The fraction of sp³-hybridized carbons (Fsp3) is 0.478. The molecule has 1 aromatic rings. The van der Waals surface area contributed by atoms with Crippen LogP contribution in [0.1, 0.15) is 61.3 Å². The molecular formula is C23H30N2O6. The zero-order valence-corrected chi connectivity index (χ0v) is 18.7. The van der Waals surface area contributed by atoms with E-state index in [0.29, 0.717) is 23.3 Å². The number of amides is 1. The summed E-state index contributed by atoms with van der Waals surface area (Å²) in [5.74, 6) is -0.853. The summed E-state index contributed by atoms with van der Waals surface area (Å²) in [5, 5.41) is 5.54. The number of rotatable bonds is 10. The summed E-state index contributed by atoms with van der Waals surface area (Å²) >= 11 is 0. The smallest absolute Gasteiger partial charge is 0.328 e. The van der Waals surface area contributed by atoms with Crippen molar-refractivity contribution >= 4 is 23.4 Å². The normalized spacial score (nSPS) is 15.1. The lowest BCUT2D eigenvalue weighted by molar-refractivity contribution is -0.148. The van der Waals surface area contributed by atoms with Gasteiger partial charge < -0.3 is 20.1 Å². The van der Waals surface area contributed by atoms with Crippen molar-refractivity contribution in [2.24, 2.45) is 5.92 Å². The Balaban J connectivity index is 2.02. The minimum atomic E-state index is -0.720. The third kappa shape index (κ3) is 5.71. The fourth-order valence-electron chi connectivity index (χ4n) is 3.41. The summed E-state index contributed by atoms with van der Waals surface area (Å²) in [6.45, 7) is 7.05. The molecular weight excluding hydrogens is 400 g/mol. The number of Topliss-reactive ketones (excluding diaryl/α,β-unsaturated/α-hetero) is 2. The number of esters is 1. The van der Waals surface area contributed by atoms with Gasteiger partial charge in [-0.2, -0.15) is 0 Å². The maximum absolute atomic E-state index is 13.0. The summed E-state index contributed by atoms with van der Waals surface area (Å²) in [6.07, 6.45) is 1.36. The van der Waals surface area contributed by atoms with Crippen molar-refractivity contribution in [3.8, 4) is 5.75 Å². The Hall–Kier alpha value is -3.16. The van der Waals surface area contributed by atoms with Crippen LogP contribution >= 0.6 is 0 Å². The molecule has 1 aliphatic rings. The summed E-state index contributed by atoms with van der Waals surface area (Å²) in [7, 11) is 1.44. The molecule has 1 amide bonds. The van der Waals surface area contributed by atoms with Gasteiger partial charge >= 0.3 is 5.97 Å². The minimum Gasteiger partial charge on any atom is -0.496 e. The van der Waals surface area contributed by atoms with Gasteiger partial charge in [-0.1, -0.05) is 32.4 Å². The Labute approximate surface area is 182 Å². The van der Waals surface area contributed by atoms with Gasteiger partial charge in [0, 0.05) is 24.6 Å². The van der Waals surface area contributed by atoms with Crippen LogP contribution in [0.5, 0.6) is 5.75 Å². The number of ether oxygens (including phenoxy) is 2. The van der Waals surface area contributed by atoms with Gasteiger partial charge in [-0.25, -0.2) is 4.79 Å². The van der Waals surface area contributed by atoms with Crippen molar-refractivity contribution in [2.75, 3.05) is 20.3 Å². The molecule has 2 unspecified atom stereocenters. The van der Waals surface area contributed by atoms with E-state index in [4.69, 9.17) is 9.47 Å². The number of allylic oxidation sites excluding steroid dienone is 2. The molecule has 0 bridgehead atoms. The Morgan fingerprint density at radius 2 is 1.87 bits per heavy atom. The van der Waals surface area contributed by atoms with Crippen LogP contribution in [0.4, 0.5) is 0 Å². The van der Waals surface area contributed by atoms with E-state index in [2.05, 4.69) is 10.6 Å². The highest BCUT2D eigenvalue weighted by molar-refractivity contribution is 6.27. The van der Waals surface area contributed by atoms with E-state index in [9.17, 15) is 19.2 Å². The Morgan fingerprint density at radius 1 is 1.16 bits per heavy atom. The van der Waals surface area contributed by atoms with Gasteiger partial charge in [-0.3, -0.25) is 14.4 Å². The number of benzene rings is 1. The van der Waals surface area contributed by atoms with Gasteiger partial charge in [-0.15, -0.1) is 0 Å². The predicted molar refractivity (Wildman–Crippen MR) is 115 cm³/mol. The molecule has 0 saturated heterocycles. The van der Waals surface area contributed by atoms with Crippen LogP contribution in [0.2, 0.25) is 0 Å². The summed E-state index contributed by atoms with van der Waals surface area (Å²) < 4.78 is 10.5. The van der Waals surface area contributed by atoms with Crippen molar-refractivity contribution in [3.63, 3.8) is 0 Å². The summed E-state index contributed by atoms with van der Waals surface area (Å²) in [6, 6.07) is 4.17. The first-order chi connectivity index (χ1) is 14.7. The predicted octanol–water partition coefficient (Wildman–Crippen LogP) is 2.42. The lowest BCUT2D eigenvalue weighted by atomic mass is 9.87. The van der Waals surface area contributed by atoms with Crippen LogP contribution in [0.25, 0.3) is 0 Å². The third-order valence-electron chi connectivity index (χ3n) is 5.31. The molecule has 8 nitrogen and oxygen atoms in total. The van der Waals surface area contributed by atoms with Crippen LogP contribution in [0.15, 0.2) is 29.5 Å². The van der Waals surface area contributed by atoms with E-state index in [1.165, 1.54) is 14.0 Å². The van der Waals surface area contributed by atoms with Crippen molar-refractivity contribution in [1.29, 1.82) is 0 Å². The molecule has 8 heteroatoms. The van der Waals surface area contributed by atoms with E-state index in [0.717, 1.165) is 6.42 Å². The average molecular weight is 431 g/mol. The number of fused-ring (bicyclic) bond motifs is 1. The van der Waals surface area contributed by atoms with Gasteiger partial charge in [0.2, 0.25) is 11.7 Å². The second-order valence-electron chi connectivity index (χ2n) is 7.64. The molecule has 2 N–H and O–H groups in total. The van der Waals surface area contributed by atoms with Gasteiger partial charge in [-0.05, 0) is 25.3 Å². The monoisotopic (exact) mass is 430 g/mol. The maximum Gasteiger partial charge on any atom is 0.328 e. The van der Waals surface area contributed by atoms with Crippen molar-refractivity contribution < 1.29 is 28.7 Å². The van der Waals surface area contributed by atoms with Gasteiger partial charge in [0.15, 0.2) is 5.78 Å². The van der Waals surface area contributed by atoms with Crippen molar-refractivity contribution in [2.45, 2.75) is 46.6 Å². The maximum atomic E-state index is 13.0. The van der Waals surface area contributed by atoms with Gasteiger partial charge in [0.1, 0.15) is 18.4 Å². The highest BCUT2D eigenvalue weighted by atomic mass is 16.5. The zero-order chi connectivity index (χ0) is 23.1. The number of ketones is 2. The van der Waals surface area contributed by atoms with E-state index in [-0.39, 0.29) is 47.8 Å². The Kier molecular flexibility index (Phi) is 8.36. The number of methoxy groups -OCH3 is 1. The molecule has 0 fully saturated rings. The van der Waals surface area contributed by atoms with Gasteiger partial charge in [0.25, 0.3) is 0 Å². The number of nitrogens with one attached hydrogen (secondary N) is 2. The molecule has 2 atom stereocenters. The molecule has 0 aliphatic heterocycles. The van der Waals surface area contributed by atoms with E-state index in [1.54, 1.807) is 25.1 Å². The van der Waals surface area contributed by atoms with E-state index in [1.807, 2.05) is 13.8 Å². The minimum absolute atomic E-state index is 0.0214. The van der Waals surface area contributed by atoms with Crippen LogP contribution in [0.3, 0.4) is 0 Å². The highest BCUT2D eigenvalue weighted by Crippen LogP contribution is 2.31. The molecule has 0 spiro atoms. The first-order valence-corrected chi connectivity index (χ1v) is 10.4. The fourth-order valence-corrected chi connectivity index (χ4v) is 3.41. The number of hydrogen-bond donors (Lipinski definition) is 2. The van der Waals surface area contributed by atoms with Crippen LogP contribution in [-0.2, 0) is 14.3 Å². The molecule has 2 rings (SSSR count). The van der Waals surface area contributed by atoms with Crippen molar-refractivity contribution in [1.82, 2.24) is 10.6 Å². The second-order valence-corrected chi connectivity index (χ2v) is 7.64. The number of hydrogen-bond acceptors (Lipinski definition) is 7. The van der Waals surface area contributed by atoms with E-state index < -0.39 is 12.0 Å². The van der Waals surface area contributed by atoms with Gasteiger partial charge in [0.05, 0.1) is 18.4 Å². The largest absolute Gasteiger partial charge is 0.496 e. The zero-order valence-electron chi connectivity index (χ0n) is 18.7. The first kappa shape index (κ1) is 24.1. The van der Waals surface area contributed by atoms with Crippen LogP contribution < -0.4 is 15.4 Å². The standard InChI is InChI=1S/C23H30N2O6/c1-6-13(2)12-17(25-15(4)26)23(29)31-11-10-24-20-14(3)21(27)16-8-7-9-18(30-5)19(16)22(20)28/h7-9,13,17,24H,6,10-12H2,1-5H3,(H,25,26). The molecule has 0 aromatic heterocycles. The average Bonchev–Trinajstić information content (AvgIpc) is 2.75.